The lowest BCUT2D eigenvalue weighted by Crippen LogP contribution is -2.35. The van der Waals surface area contributed by atoms with Crippen LogP contribution in [0.3, 0.4) is 0 Å². The van der Waals surface area contributed by atoms with Crippen LogP contribution in [0.5, 0.6) is 0 Å². The minimum Gasteiger partial charge on any atom is -0.480 e. The first-order valence-corrected chi connectivity index (χ1v) is 2.26. The van der Waals surface area contributed by atoms with E-state index in [-0.39, 0.29) is 6.54 Å². The summed E-state index contributed by atoms with van der Waals surface area (Å²) in [7, 11) is 1.32. The van der Waals surface area contributed by atoms with Gasteiger partial charge in [-0.1, -0.05) is 0 Å². The molecule has 2 amide bonds. The molecule has 0 heterocycles. The number of carboxylic acids is 1. The number of likely N-dealkylation sites (N-methyl/N-ethyl adjacent to an activating group) is 1. The molecule has 0 saturated heterocycles. The van der Waals surface area contributed by atoms with Crippen molar-refractivity contribution in [2.45, 2.75) is 0 Å². The molecule has 0 aliphatic heterocycles. The largest absolute Gasteiger partial charge is 0.480 e. The number of urea groups is 1. The van der Waals surface area contributed by atoms with Crippen LogP contribution in [-0.4, -0.2) is 35.6 Å². The van der Waals surface area contributed by atoms with E-state index in [1.807, 2.05) is 0 Å². The summed E-state index contributed by atoms with van der Waals surface area (Å²) in [5.74, 6) is -1.07. The number of aliphatic carboxylic acids is 1. The second kappa shape index (κ2) is 2.91. The molecule has 52 valence electrons. The first-order chi connectivity index (χ1) is 4.04. The molecule has 0 bridgehead atoms. The molecule has 0 aliphatic carbocycles. The average molecular weight is 132 g/mol. The lowest BCUT2D eigenvalue weighted by Gasteiger charge is -2.08. The van der Waals surface area contributed by atoms with Gasteiger partial charge in [-0.05, 0) is 0 Å². The number of carboxylic acid groups (broad SMARTS) is 1. The standard InChI is InChI=1S/C4H8N2O3/c1-6(4(5)9)2-3(7)8/h2H2,1H3,(H2,5,9)(H,7,8). The zero-order chi connectivity index (χ0) is 7.44. The van der Waals surface area contributed by atoms with Crippen molar-refractivity contribution in [1.82, 2.24) is 4.90 Å². The number of primary amides is 1. The zero-order valence-corrected chi connectivity index (χ0v) is 5.00. The molecule has 9 heavy (non-hydrogen) atoms. The number of carbonyl (C=O) groups is 2. The van der Waals surface area contributed by atoms with Crippen LogP contribution in [-0.2, 0) is 4.79 Å². The molecular formula is C4H8N2O3. The van der Waals surface area contributed by atoms with E-state index in [0.717, 1.165) is 4.90 Å². The fraction of sp³-hybridized carbons (Fsp3) is 0.500. The molecule has 0 fully saturated rings. The van der Waals surface area contributed by atoms with Gasteiger partial charge in [0.25, 0.3) is 0 Å². The lowest BCUT2D eigenvalue weighted by atomic mass is 10.6. The second-order valence-electron chi connectivity index (χ2n) is 1.59. The lowest BCUT2D eigenvalue weighted by molar-refractivity contribution is -0.137. The summed E-state index contributed by atoms with van der Waals surface area (Å²) in [5.41, 5.74) is 4.71. The molecule has 0 atom stereocenters. The third kappa shape index (κ3) is 3.33. The highest BCUT2D eigenvalue weighted by Gasteiger charge is 2.05. The summed E-state index contributed by atoms with van der Waals surface area (Å²) in [6.07, 6.45) is 0. The van der Waals surface area contributed by atoms with Gasteiger partial charge < -0.3 is 15.7 Å². The number of rotatable bonds is 2. The van der Waals surface area contributed by atoms with E-state index in [2.05, 4.69) is 0 Å². The molecule has 0 aromatic carbocycles. The molecule has 0 radical (unpaired) electrons. The summed E-state index contributed by atoms with van der Waals surface area (Å²) in [6, 6.07) is -0.739. The van der Waals surface area contributed by atoms with E-state index < -0.39 is 12.0 Å². The van der Waals surface area contributed by atoms with Crippen LogP contribution in [0.1, 0.15) is 0 Å². The molecular weight excluding hydrogens is 124 g/mol. The van der Waals surface area contributed by atoms with Crippen LogP contribution in [0.4, 0.5) is 4.79 Å². The van der Waals surface area contributed by atoms with E-state index in [1.165, 1.54) is 7.05 Å². The maximum atomic E-state index is 10.1. The Kier molecular flexibility index (Phi) is 2.50. The van der Waals surface area contributed by atoms with Crippen molar-refractivity contribution in [3.8, 4) is 0 Å². The Hall–Kier alpha value is -1.26. The van der Waals surface area contributed by atoms with Gasteiger partial charge >= 0.3 is 12.0 Å². The van der Waals surface area contributed by atoms with Crippen LogP contribution in [0, 0.1) is 0 Å². The van der Waals surface area contributed by atoms with E-state index in [1.54, 1.807) is 0 Å². The van der Waals surface area contributed by atoms with Crippen LogP contribution >= 0.6 is 0 Å². The number of nitrogens with zero attached hydrogens (tertiary/aromatic N) is 1. The first kappa shape index (κ1) is 7.74. The number of carbonyl (C=O) groups excluding carboxylic acids is 1. The topological polar surface area (TPSA) is 83.6 Å². The minimum absolute atomic E-state index is 0.352. The summed E-state index contributed by atoms with van der Waals surface area (Å²) in [5, 5.41) is 8.08. The highest BCUT2D eigenvalue weighted by Crippen LogP contribution is 1.78. The molecule has 0 spiro atoms. The van der Waals surface area contributed by atoms with Crippen molar-refractivity contribution in [2.24, 2.45) is 5.73 Å². The number of amides is 2. The normalized spacial score (nSPS) is 8.56. The number of nitrogens with two attached hydrogens (primary N) is 1. The van der Waals surface area contributed by atoms with Gasteiger partial charge in [-0.2, -0.15) is 0 Å². The second-order valence-corrected chi connectivity index (χ2v) is 1.59. The zero-order valence-electron chi connectivity index (χ0n) is 5.00. The Balaban J connectivity index is 3.63. The minimum atomic E-state index is -1.07. The third-order valence-electron chi connectivity index (χ3n) is 0.749. The smallest absolute Gasteiger partial charge is 0.323 e. The number of hydrogen-bond donors (Lipinski definition) is 2. The van der Waals surface area contributed by atoms with Crippen molar-refractivity contribution < 1.29 is 14.7 Å². The Bertz CT molecular complexity index is 134. The first-order valence-electron chi connectivity index (χ1n) is 2.26. The molecule has 0 aromatic heterocycles. The van der Waals surface area contributed by atoms with Gasteiger partial charge in [0.05, 0.1) is 0 Å². The fourth-order valence-corrected chi connectivity index (χ4v) is 0.281. The molecule has 0 aromatic rings. The van der Waals surface area contributed by atoms with E-state index in [0.29, 0.717) is 0 Å². The van der Waals surface area contributed by atoms with Gasteiger partial charge in [0.1, 0.15) is 6.54 Å². The van der Waals surface area contributed by atoms with Crippen molar-refractivity contribution in [2.75, 3.05) is 13.6 Å². The van der Waals surface area contributed by atoms with Crippen LogP contribution in [0.2, 0.25) is 0 Å². The average Bonchev–Trinajstić information content (AvgIpc) is 1.63. The molecule has 5 nitrogen and oxygen atoms in total. The monoisotopic (exact) mass is 132 g/mol. The Morgan fingerprint density at radius 1 is 1.67 bits per heavy atom. The molecule has 0 saturated carbocycles. The van der Waals surface area contributed by atoms with E-state index >= 15 is 0 Å². The van der Waals surface area contributed by atoms with Gasteiger partial charge in [-0.15, -0.1) is 0 Å². The maximum Gasteiger partial charge on any atom is 0.323 e. The van der Waals surface area contributed by atoms with Crippen molar-refractivity contribution in [3.63, 3.8) is 0 Å². The quantitative estimate of drug-likeness (QED) is 0.509. The summed E-state index contributed by atoms with van der Waals surface area (Å²) < 4.78 is 0. The van der Waals surface area contributed by atoms with Gasteiger partial charge in [-0.3, -0.25) is 4.79 Å². The summed E-state index contributed by atoms with van der Waals surface area (Å²) in [4.78, 5) is 20.9. The molecule has 3 N–H and O–H groups in total. The Labute approximate surface area is 52.1 Å². The summed E-state index contributed by atoms with van der Waals surface area (Å²) >= 11 is 0. The van der Waals surface area contributed by atoms with E-state index in [9.17, 15) is 9.59 Å². The van der Waals surface area contributed by atoms with Gasteiger partial charge in [0.15, 0.2) is 0 Å². The molecule has 0 aliphatic rings. The fourth-order valence-electron chi connectivity index (χ4n) is 0.281. The third-order valence-corrected chi connectivity index (χ3v) is 0.749. The van der Waals surface area contributed by atoms with Gasteiger partial charge in [-0.25, -0.2) is 4.79 Å². The van der Waals surface area contributed by atoms with Crippen molar-refractivity contribution in [1.29, 1.82) is 0 Å². The molecule has 0 rings (SSSR count). The Morgan fingerprint density at radius 2 is 2.11 bits per heavy atom. The summed E-state index contributed by atoms with van der Waals surface area (Å²) in [6.45, 7) is -0.352. The van der Waals surface area contributed by atoms with Crippen LogP contribution in [0.15, 0.2) is 0 Å². The molecule has 0 unspecified atom stereocenters. The van der Waals surface area contributed by atoms with Gasteiger partial charge in [0, 0.05) is 7.05 Å². The number of hydrogen-bond acceptors (Lipinski definition) is 2. The highest BCUT2D eigenvalue weighted by atomic mass is 16.4. The van der Waals surface area contributed by atoms with Crippen LogP contribution < -0.4 is 5.73 Å². The van der Waals surface area contributed by atoms with E-state index in [4.69, 9.17) is 10.8 Å². The Morgan fingerprint density at radius 3 is 2.22 bits per heavy atom. The molecule has 5 heteroatoms. The van der Waals surface area contributed by atoms with Crippen molar-refractivity contribution >= 4 is 12.0 Å². The SMILES string of the molecule is CN(CC(=O)O)C(N)=O. The highest BCUT2D eigenvalue weighted by molar-refractivity contribution is 5.78. The van der Waals surface area contributed by atoms with Gasteiger partial charge in [0.2, 0.25) is 0 Å². The van der Waals surface area contributed by atoms with Crippen LogP contribution in [0.25, 0.3) is 0 Å². The maximum absolute atomic E-state index is 10.1. The van der Waals surface area contributed by atoms with Crippen molar-refractivity contribution in [3.05, 3.63) is 0 Å². The predicted octanol–water partition coefficient (Wildman–Crippen LogP) is -0.918. The predicted molar refractivity (Wildman–Crippen MR) is 29.8 cm³/mol.